The molecule has 0 bridgehead atoms. The van der Waals surface area contributed by atoms with Crippen molar-refractivity contribution in [1.82, 2.24) is 4.90 Å². The van der Waals surface area contributed by atoms with Crippen molar-refractivity contribution in [3.8, 4) is 0 Å². The normalized spacial score (nSPS) is 10.2. The highest BCUT2D eigenvalue weighted by Gasteiger charge is 2.20. The van der Waals surface area contributed by atoms with Gasteiger partial charge in [-0.2, -0.15) is 0 Å². The molecule has 2 N–H and O–H groups in total. The topological polar surface area (TPSA) is 69.6 Å². The summed E-state index contributed by atoms with van der Waals surface area (Å²) in [5.74, 6) is -1.02. The van der Waals surface area contributed by atoms with Crippen LogP contribution in [0.15, 0.2) is 24.3 Å². The molecule has 0 aliphatic carbocycles. The van der Waals surface area contributed by atoms with Crippen LogP contribution in [0.1, 0.15) is 19.4 Å². The molecular weight excluding hydrogens is 232 g/mol. The Balaban J connectivity index is 2.79. The van der Waals surface area contributed by atoms with E-state index in [1.807, 2.05) is 25.1 Å². The van der Waals surface area contributed by atoms with Gasteiger partial charge in [-0.15, -0.1) is 0 Å². The van der Waals surface area contributed by atoms with Gasteiger partial charge in [0.05, 0.1) is 0 Å². The molecule has 0 aliphatic heterocycles. The molecule has 0 saturated carbocycles. The lowest BCUT2D eigenvalue weighted by Crippen LogP contribution is -2.43. The third kappa shape index (κ3) is 3.76. The van der Waals surface area contributed by atoms with Gasteiger partial charge >= 0.3 is 12.0 Å². The van der Waals surface area contributed by atoms with Crippen LogP contribution in [0, 0.1) is 6.92 Å². The predicted octanol–water partition coefficient (Wildman–Crippen LogP) is 2.32. The van der Waals surface area contributed by atoms with Gasteiger partial charge in [0, 0.05) is 11.7 Å². The Kier molecular flexibility index (Phi) is 4.71. The van der Waals surface area contributed by atoms with E-state index in [1.54, 1.807) is 19.9 Å². The number of aryl methyl sites for hydroxylation is 1. The van der Waals surface area contributed by atoms with Gasteiger partial charge in [0.25, 0.3) is 0 Å². The number of para-hydroxylation sites is 1. The Bertz CT molecular complexity index is 444. The summed E-state index contributed by atoms with van der Waals surface area (Å²) in [5.41, 5.74) is 1.63. The standard InChI is InChI=1S/C13H18N2O3/c1-9(2)15(8-12(16)17)13(18)14-11-7-5-4-6-10(11)3/h4-7,9H,8H2,1-3H3,(H,14,18)(H,16,17). The number of urea groups is 1. The number of rotatable bonds is 4. The SMILES string of the molecule is Cc1ccccc1NC(=O)N(CC(=O)O)C(C)C. The Hall–Kier alpha value is -2.04. The second kappa shape index (κ2) is 6.05. The van der Waals surface area contributed by atoms with Gasteiger partial charge in [-0.1, -0.05) is 18.2 Å². The second-order valence-electron chi connectivity index (χ2n) is 4.36. The fourth-order valence-electron chi connectivity index (χ4n) is 1.53. The van der Waals surface area contributed by atoms with Crippen molar-refractivity contribution in [2.45, 2.75) is 26.8 Å². The first-order valence-electron chi connectivity index (χ1n) is 5.77. The molecule has 1 rings (SSSR count). The van der Waals surface area contributed by atoms with Crippen LogP contribution in [0.5, 0.6) is 0 Å². The number of nitrogens with zero attached hydrogens (tertiary/aromatic N) is 1. The third-order valence-electron chi connectivity index (χ3n) is 2.58. The fourth-order valence-corrected chi connectivity index (χ4v) is 1.53. The number of benzene rings is 1. The summed E-state index contributed by atoms with van der Waals surface area (Å²) in [6, 6.07) is 6.79. The van der Waals surface area contributed by atoms with Gasteiger partial charge in [0.2, 0.25) is 0 Å². The van der Waals surface area contributed by atoms with Crippen molar-refractivity contribution in [1.29, 1.82) is 0 Å². The maximum atomic E-state index is 12.0. The quantitative estimate of drug-likeness (QED) is 0.861. The summed E-state index contributed by atoms with van der Waals surface area (Å²) in [4.78, 5) is 24.0. The summed E-state index contributed by atoms with van der Waals surface area (Å²) < 4.78 is 0. The lowest BCUT2D eigenvalue weighted by molar-refractivity contribution is -0.137. The highest BCUT2D eigenvalue weighted by molar-refractivity contribution is 5.92. The van der Waals surface area contributed by atoms with E-state index >= 15 is 0 Å². The Morgan fingerprint density at radius 1 is 1.33 bits per heavy atom. The van der Waals surface area contributed by atoms with Crippen LogP contribution >= 0.6 is 0 Å². The fraction of sp³-hybridized carbons (Fsp3) is 0.385. The van der Waals surface area contributed by atoms with E-state index in [2.05, 4.69) is 5.32 Å². The smallest absolute Gasteiger partial charge is 0.323 e. The van der Waals surface area contributed by atoms with Gasteiger partial charge in [0.1, 0.15) is 6.54 Å². The van der Waals surface area contributed by atoms with Crippen molar-refractivity contribution in [2.24, 2.45) is 0 Å². The summed E-state index contributed by atoms with van der Waals surface area (Å²) >= 11 is 0. The summed E-state index contributed by atoms with van der Waals surface area (Å²) in [7, 11) is 0. The monoisotopic (exact) mass is 250 g/mol. The highest BCUT2D eigenvalue weighted by atomic mass is 16.4. The molecule has 1 aromatic rings. The molecule has 0 saturated heterocycles. The molecule has 0 fully saturated rings. The van der Waals surface area contributed by atoms with E-state index in [9.17, 15) is 9.59 Å². The van der Waals surface area contributed by atoms with E-state index in [1.165, 1.54) is 4.90 Å². The number of carbonyl (C=O) groups is 2. The van der Waals surface area contributed by atoms with Gasteiger partial charge in [-0.05, 0) is 32.4 Å². The molecule has 1 aromatic carbocycles. The summed E-state index contributed by atoms with van der Waals surface area (Å²) in [5, 5.41) is 11.5. The Morgan fingerprint density at radius 3 is 2.44 bits per heavy atom. The van der Waals surface area contributed by atoms with Crippen molar-refractivity contribution < 1.29 is 14.7 Å². The maximum absolute atomic E-state index is 12.0. The zero-order valence-corrected chi connectivity index (χ0v) is 10.8. The van der Waals surface area contributed by atoms with Crippen LogP contribution in [0.4, 0.5) is 10.5 Å². The number of hydrogen-bond donors (Lipinski definition) is 2. The summed E-state index contributed by atoms with van der Waals surface area (Å²) in [6.45, 7) is 5.13. The first-order chi connectivity index (χ1) is 8.41. The number of carboxylic acid groups (broad SMARTS) is 1. The van der Waals surface area contributed by atoms with Gasteiger partial charge < -0.3 is 15.3 Å². The van der Waals surface area contributed by atoms with Crippen LogP contribution in [0.3, 0.4) is 0 Å². The second-order valence-corrected chi connectivity index (χ2v) is 4.36. The average molecular weight is 250 g/mol. The van der Waals surface area contributed by atoms with Crippen LogP contribution in [-0.4, -0.2) is 34.6 Å². The van der Waals surface area contributed by atoms with Crippen molar-refractivity contribution in [2.75, 3.05) is 11.9 Å². The minimum absolute atomic E-state index is 0.176. The van der Waals surface area contributed by atoms with Gasteiger partial charge in [0.15, 0.2) is 0 Å². The van der Waals surface area contributed by atoms with E-state index < -0.39 is 12.0 Å². The maximum Gasteiger partial charge on any atom is 0.323 e. The highest BCUT2D eigenvalue weighted by Crippen LogP contribution is 2.14. The largest absolute Gasteiger partial charge is 0.480 e. The molecule has 0 unspecified atom stereocenters. The average Bonchev–Trinajstić information content (AvgIpc) is 2.28. The van der Waals surface area contributed by atoms with Crippen LogP contribution in [0.2, 0.25) is 0 Å². The minimum Gasteiger partial charge on any atom is -0.480 e. The molecule has 0 atom stereocenters. The summed E-state index contributed by atoms with van der Waals surface area (Å²) in [6.07, 6.45) is 0. The number of anilines is 1. The van der Waals surface area contributed by atoms with E-state index in [0.717, 1.165) is 5.56 Å². The molecular formula is C13H18N2O3. The number of carbonyl (C=O) groups excluding carboxylic acids is 1. The molecule has 5 nitrogen and oxygen atoms in total. The Morgan fingerprint density at radius 2 is 1.94 bits per heavy atom. The molecule has 98 valence electrons. The van der Waals surface area contributed by atoms with E-state index in [4.69, 9.17) is 5.11 Å². The van der Waals surface area contributed by atoms with Crippen molar-refractivity contribution in [3.63, 3.8) is 0 Å². The number of nitrogens with one attached hydrogen (secondary N) is 1. The van der Waals surface area contributed by atoms with Crippen LogP contribution in [0.25, 0.3) is 0 Å². The molecule has 5 heteroatoms. The molecule has 2 amide bonds. The van der Waals surface area contributed by atoms with Gasteiger partial charge in [-0.25, -0.2) is 4.79 Å². The zero-order chi connectivity index (χ0) is 13.7. The number of amides is 2. The van der Waals surface area contributed by atoms with Crippen LogP contribution < -0.4 is 5.32 Å². The first kappa shape index (κ1) is 14.0. The molecule has 0 heterocycles. The van der Waals surface area contributed by atoms with Crippen molar-refractivity contribution in [3.05, 3.63) is 29.8 Å². The van der Waals surface area contributed by atoms with E-state index in [-0.39, 0.29) is 12.6 Å². The molecule has 0 aliphatic rings. The number of hydrogen-bond acceptors (Lipinski definition) is 2. The van der Waals surface area contributed by atoms with Gasteiger partial charge in [-0.3, -0.25) is 4.79 Å². The molecule has 0 aromatic heterocycles. The van der Waals surface area contributed by atoms with E-state index in [0.29, 0.717) is 5.69 Å². The zero-order valence-electron chi connectivity index (χ0n) is 10.8. The lowest BCUT2D eigenvalue weighted by Gasteiger charge is -2.25. The number of aliphatic carboxylic acids is 1. The molecule has 0 radical (unpaired) electrons. The lowest BCUT2D eigenvalue weighted by atomic mass is 10.2. The third-order valence-corrected chi connectivity index (χ3v) is 2.58. The van der Waals surface area contributed by atoms with Crippen LogP contribution in [-0.2, 0) is 4.79 Å². The Labute approximate surface area is 106 Å². The van der Waals surface area contributed by atoms with Crippen molar-refractivity contribution >= 4 is 17.7 Å². The number of carboxylic acids is 1. The molecule has 18 heavy (non-hydrogen) atoms. The minimum atomic E-state index is -1.02. The first-order valence-corrected chi connectivity index (χ1v) is 5.77. The predicted molar refractivity (Wildman–Crippen MR) is 69.7 cm³/mol. The molecule has 0 spiro atoms.